The standard InChI is InChI=1S/C23H26N4O5/c1-25(22(15-24)11-6-3-7-12-22)19(29)14-32-21(31)23-13-10-18(28)27(23)17-9-5-4-8-16(17)20(30)26(23)2/h4-5,8-9H,3,6-7,10-14H2,1-2H3/t23-/m1/s1. The minimum Gasteiger partial charge on any atom is -0.452 e. The van der Waals surface area contributed by atoms with Crippen LogP contribution in [0.3, 0.4) is 0 Å². The third-order valence-electron chi connectivity index (χ3n) is 7.10. The van der Waals surface area contributed by atoms with E-state index in [1.165, 1.54) is 21.7 Å². The Hall–Kier alpha value is -3.41. The summed E-state index contributed by atoms with van der Waals surface area (Å²) in [7, 11) is 3.02. The summed E-state index contributed by atoms with van der Waals surface area (Å²) in [6.07, 6.45) is 4.06. The molecular weight excluding hydrogens is 412 g/mol. The minimum absolute atomic E-state index is 0.0758. The molecule has 0 spiro atoms. The molecule has 0 radical (unpaired) electrons. The second-order valence-electron chi connectivity index (χ2n) is 8.66. The monoisotopic (exact) mass is 438 g/mol. The molecular formula is C23H26N4O5. The summed E-state index contributed by atoms with van der Waals surface area (Å²) in [5.74, 6) is -2.00. The molecule has 1 atom stereocenters. The lowest BCUT2D eigenvalue weighted by Crippen LogP contribution is -2.67. The molecule has 1 saturated carbocycles. The number of benzene rings is 1. The molecule has 1 aromatic rings. The highest BCUT2D eigenvalue weighted by Crippen LogP contribution is 2.44. The zero-order valence-electron chi connectivity index (χ0n) is 18.3. The number of rotatable bonds is 4. The van der Waals surface area contributed by atoms with Gasteiger partial charge >= 0.3 is 5.97 Å². The molecule has 3 aliphatic rings. The largest absolute Gasteiger partial charge is 0.452 e. The Kier molecular flexibility index (Phi) is 5.41. The highest BCUT2D eigenvalue weighted by molar-refractivity contribution is 6.15. The van der Waals surface area contributed by atoms with Crippen molar-refractivity contribution in [1.29, 1.82) is 5.26 Å². The number of fused-ring (bicyclic) bond motifs is 3. The topological polar surface area (TPSA) is 111 Å². The summed E-state index contributed by atoms with van der Waals surface area (Å²) in [5.41, 5.74) is -1.83. The van der Waals surface area contributed by atoms with Crippen molar-refractivity contribution in [2.24, 2.45) is 0 Å². The summed E-state index contributed by atoms with van der Waals surface area (Å²) < 4.78 is 5.40. The quantitative estimate of drug-likeness (QED) is 0.663. The number of likely N-dealkylation sites (N-methyl/N-ethyl adjacent to an activating group) is 2. The fraction of sp³-hybridized carbons (Fsp3) is 0.522. The van der Waals surface area contributed by atoms with E-state index in [0.29, 0.717) is 24.1 Å². The summed E-state index contributed by atoms with van der Waals surface area (Å²) >= 11 is 0. The summed E-state index contributed by atoms with van der Waals surface area (Å²) in [5, 5.41) is 9.71. The Morgan fingerprint density at radius 2 is 1.84 bits per heavy atom. The van der Waals surface area contributed by atoms with Crippen molar-refractivity contribution in [3.8, 4) is 6.07 Å². The van der Waals surface area contributed by atoms with E-state index in [2.05, 4.69) is 6.07 Å². The molecule has 0 unspecified atom stereocenters. The zero-order chi connectivity index (χ0) is 23.1. The molecule has 1 aromatic carbocycles. The number of hydrogen-bond donors (Lipinski definition) is 0. The molecule has 9 nitrogen and oxygen atoms in total. The Morgan fingerprint density at radius 1 is 1.16 bits per heavy atom. The van der Waals surface area contributed by atoms with Crippen LogP contribution >= 0.6 is 0 Å². The molecule has 168 valence electrons. The van der Waals surface area contributed by atoms with E-state index >= 15 is 0 Å². The maximum Gasteiger partial charge on any atom is 0.354 e. The molecule has 2 heterocycles. The van der Waals surface area contributed by atoms with Gasteiger partial charge in [-0.15, -0.1) is 0 Å². The van der Waals surface area contributed by atoms with Crippen LogP contribution in [0.5, 0.6) is 0 Å². The van der Waals surface area contributed by atoms with Crippen molar-refractivity contribution in [2.45, 2.75) is 56.1 Å². The average molecular weight is 438 g/mol. The first-order chi connectivity index (χ1) is 15.3. The van der Waals surface area contributed by atoms with E-state index in [4.69, 9.17) is 4.74 Å². The average Bonchev–Trinajstić information content (AvgIpc) is 3.19. The Balaban J connectivity index is 1.56. The molecule has 1 saturated heterocycles. The van der Waals surface area contributed by atoms with Crippen LogP contribution in [0.2, 0.25) is 0 Å². The number of nitrogens with zero attached hydrogens (tertiary/aromatic N) is 4. The molecule has 2 fully saturated rings. The van der Waals surface area contributed by atoms with Crippen molar-refractivity contribution in [3.05, 3.63) is 29.8 Å². The third-order valence-corrected chi connectivity index (χ3v) is 7.10. The fourth-order valence-corrected chi connectivity index (χ4v) is 5.13. The Bertz CT molecular complexity index is 1030. The van der Waals surface area contributed by atoms with Gasteiger partial charge in [-0.25, -0.2) is 4.79 Å². The second kappa shape index (κ2) is 7.93. The lowest BCUT2D eigenvalue weighted by molar-refractivity contribution is -0.162. The highest BCUT2D eigenvalue weighted by atomic mass is 16.5. The van der Waals surface area contributed by atoms with E-state index in [0.717, 1.165) is 19.3 Å². The van der Waals surface area contributed by atoms with E-state index in [-0.39, 0.29) is 18.7 Å². The molecule has 32 heavy (non-hydrogen) atoms. The minimum atomic E-state index is -1.63. The van der Waals surface area contributed by atoms with Gasteiger partial charge in [0.25, 0.3) is 11.8 Å². The lowest BCUT2D eigenvalue weighted by atomic mass is 9.81. The van der Waals surface area contributed by atoms with Crippen molar-refractivity contribution in [1.82, 2.24) is 9.80 Å². The van der Waals surface area contributed by atoms with E-state index in [1.54, 1.807) is 31.3 Å². The van der Waals surface area contributed by atoms with Crippen LogP contribution in [0.25, 0.3) is 0 Å². The van der Waals surface area contributed by atoms with Gasteiger partial charge in [-0.05, 0) is 25.0 Å². The van der Waals surface area contributed by atoms with E-state index in [1.807, 2.05) is 0 Å². The summed E-state index contributed by atoms with van der Waals surface area (Å²) in [6, 6.07) is 8.91. The first kappa shape index (κ1) is 21.8. The number of hydrogen-bond acceptors (Lipinski definition) is 6. The smallest absolute Gasteiger partial charge is 0.354 e. The summed E-state index contributed by atoms with van der Waals surface area (Å²) in [4.78, 5) is 55.8. The molecule has 1 aliphatic carbocycles. The number of anilines is 1. The van der Waals surface area contributed by atoms with Crippen LogP contribution < -0.4 is 4.90 Å². The van der Waals surface area contributed by atoms with Gasteiger partial charge in [-0.3, -0.25) is 19.3 Å². The van der Waals surface area contributed by atoms with Crippen molar-refractivity contribution >= 4 is 29.4 Å². The molecule has 3 amide bonds. The number of carbonyl (C=O) groups is 4. The number of para-hydroxylation sites is 1. The van der Waals surface area contributed by atoms with Gasteiger partial charge in [-0.2, -0.15) is 5.26 Å². The Morgan fingerprint density at radius 3 is 2.53 bits per heavy atom. The first-order valence-electron chi connectivity index (χ1n) is 10.8. The summed E-state index contributed by atoms with van der Waals surface area (Å²) in [6.45, 7) is -0.563. The van der Waals surface area contributed by atoms with Gasteiger partial charge in [0.05, 0.1) is 17.3 Å². The van der Waals surface area contributed by atoms with Crippen molar-refractivity contribution < 1.29 is 23.9 Å². The van der Waals surface area contributed by atoms with Crippen LogP contribution in [-0.4, -0.2) is 65.4 Å². The normalized spacial score (nSPS) is 23.8. The number of nitriles is 1. The van der Waals surface area contributed by atoms with Crippen LogP contribution in [0.4, 0.5) is 5.69 Å². The molecule has 0 aromatic heterocycles. The predicted octanol–water partition coefficient (Wildman–Crippen LogP) is 1.82. The van der Waals surface area contributed by atoms with E-state index in [9.17, 15) is 24.4 Å². The molecule has 0 N–H and O–H groups in total. The molecule has 0 bridgehead atoms. The molecule has 4 rings (SSSR count). The van der Waals surface area contributed by atoms with Crippen LogP contribution in [0, 0.1) is 11.3 Å². The van der Waals surface area contributed by atoms with Crippen LogP contribution in [0.1, 0.15) is 55.3 Å². The van der Waals surface area contributed by atoms with Crippen LogP contribution in [0.15, 0.2) is 24.3 Å². The third kappa shape index (κ3) is 3.05. The fourth-order valence-electron chi connectivity index (χ4n) is 5.13. The van der Waals surface area contributed by atoms with Gasteiger partial charge in [0, 0.05) is 26.9 Å². The molecule has 9 heteroatoms. The van der Waals surface area contributed by atoms with E-state index < -0.39 is 35.6 Å². The van der Waals surface area contributed by atoms with Gasteiger partial charge in [0.15, 0.2) is 6.61 Å². The van der Waals surface area contributed by atoms with Crippen molar-refractivity contribution in [2.75, 3.05) is 25.6 Å². The number of carbonyl (C=O) groups excluding carboxylic acids is 4. The number of amides is 3. The van der Waals surface area contributed by atoms with Crippen LogP contribution in [-0.2, 0) is 19.1 Å². The number of esters is 1. The van der Waals surface area contributed by atoms with Gasteiger partial charge in [-0.1, -0.05) is 31.4 Å². The van der Waals surface area contributed by atoms with Gasteiger partial charge in [0.2, 0.25) is 11.6 Å². The lowest BCUT2D eigenvalue weighted by Gasteiger charge is -2.46. The zero-order valence-corrected chi connectivity index (χ0v) is 18.3. The SMILES string of the molecule is CN(C(=O)COC(=O)[C@@]12CCC(=O)N1c1ccccc1C(=O)N2C)C1(C#N)CCCCC1. The predicted molar refractivity (Wildman–Crippen MR) is 113 cm³/mol. The maximum absolute atomic E-state index is 13.3. The second-order valence-corrected chi connectivity index (χ2v) is 8.66. The Labute approximate surface area is 186 Å². The van der Waals surface area contributed by atoms with Gasteiger partial charge in [0.1, 0.15) is 5.54 Å². The molecule has 2 aliphatic heterocycles. The van der Waals surface area contributed by atoms with Gasteiger partial charge < -0.3 is 14.5 Å². The van der Waals surface area contributed by atoms with Crippen molar-refractivity contribution in [3.63, 3.8) is 0 Å². The number of ether oxygens (including phenoxy) is 1. The maximum atomic E-state index is 13.3. The highest BCUT2D eigenvalue weighted by Gasteiger charge is 2.61. The first-order valence-corrected chi connectivity index (χ1v) is 10.8.